The molecule has 2 heterocycles. The quantitative estimate of drug-likeness (QED) is 0.789. The molecule has 6 heteroatoms. The number of alkyl carbamates (subject to hydrolysis) is 1. The maximum Gasteiger partial charge on any atom is 0.407 e. The van der Waals surface area contributed by atoms with Crippen LogP contribution in [-0.4, -0.2) is 48.2 Å². The van der Waals surface area contributed by atoms with Gasteiger partial charge in [0.25, 0.3) is 5.91 Å². The summed E-state index contributed by atoms with van der Waals surface area (Å²) in [5, 5.41) is 5.87. The van der Waals surface area contributed by atoms with Crippen molar-refractivity contribution in [2.75, 3.05) is 19.6 Å². The summed E-state index contributed by atoms with van der Waals surface area (Å²) in [5.74, 6) is 0.537. The molecule has 1 unspecified atom stereocenters. The van der Waals surface area contributed by atoms with E-state index in [0.29, 0.717) is 24.1 Å². The highest BCUT2D eigenvalue weighted by atomic mass is 16.6. The zero-order chi connectivity index (χ0) is 20.9. The summed E-state index contributed by atoms with van der Waals surface area (Å²) in [4.78, 5) is 26.9. The Balaban J connectivity index is 1.46. The number of rotatable bonds is 5. The molecule has 2 atom stereocenters. The van der Waals surface area contributed by atoms with Crippen molar-refractivity contribution in [3.8, 4) is 0 Å². The Morgan fingerprint density at radius 1 is 1.03 bits per heavy atom. The molecule has 1 aromatic rings. The highest BCUT2D eigenvalue weighted by molar-refractivity contribution is 5.94. The van der Waals surface area contributed by atoms with Gasteiger partial charge in [-0.25, -0.2) is 4.79 Å². The number of ether oxygens (including phenoxy) is 1. The fourth-order valence-electron chi connectivity index (χ4n) is 4.40. The SMILES string of the molecule is CC(C)(C)OC(=O)NCc1ccc(C(=O)NC[C@@H]2CCCN3CCCCC23)cc1. The number of nitrogens with one attached hydrogen (secondary N) is 2. The van der Waals surface area contributed by atoms with E-state index in [1.807, 2.05) is 45.0 Å². The largest absolute Gasteiger partial charge is 0.444 e. The van der Waals surface area contributed by atoms with E-state index in [0.717, 1.165) is 12.1 Å². The lowest BCUT2D eigenvalue weighted by atomic mass is 9.83. The number of fused-ring (bicyclic) bond motifs is 1. The first kappa shape index (κ1) is 21.6. The molecular formula is C23H35N3O3. The molecule has 2 N–H and O–H groups in total. The van der Waals surface area contributed by atoms with Crippen molar-refractivity contribution in [1.82, 2.24) is 15.5 Å². The van der Waals surface area contributed by atoms with Gasteiger partial charge in [0.1, 0.15) is 5.60 Å². The van der Waals surface area contributed by atoms with Gasteiger partial charge < -0.3 is 20.3 Å². The molecule has 0 radical (unpaired) electrons. The van der Waals surface area contributed by atoms with Crippen molar-refractivity contribution in [3.63, 3.8) is 0 Å². The number of benzene rings is 1. The van der Waals surface area contributed by atoms with Gasteiger partial charge in [-0.3, -0.25) is 4.79 Å². The van der Waals surface area contributed by atoms with E-state index < -0.39 is 11.7 Å². The fourth-order valence-corrected chi connectivity index (χ4v) is 4.40. The molecule has 0 aromatic heterocycles. The number of hydrogen-bond donors (Lipinski definition) is 2. The van der Waals surface area contributed by atoms with E-state index in [-0.39, 0.29) is 5.91 Å². The summed E-state index contributed by atoms with van der Waals surface area (Å²) in [6.45, 7) is 9.05. The summed E-state index contributed by atoms with van der Waals surface area (Å²) in [6.07, 6.45) is 5.88. The van der Waals surface area contributed by atoms with Crippen molar-refractivity contribution in [1.29, 1.82) is 0 Å². The highest BCUT2D eigenvalue weighted by Gasteiger charge is 2.32. The molecule has 2 saturated heterocycles. The summed E-state index contributed by atoms with van der Waals surface area (Å²) in [6, 6.07) is 8.01. The summed E-state index contributed by atoms with van der Waals surface area (Å²) >= 11 is 0. The minimum atomic E-state index is -0.515. The Bertz CT molecular complexity index is 694. The van der Waals surface area contributed by atoms with Crippen LogP contribution in [0, 0.1) is 5.92 Å². The van der Waals surface area contributed by atoms with Gasteiger partial charge in [0.2, 0.25) is 0 Å². The lowest BCUT2D eigenvalue weighted by molar-refractivity contribution is 0.0523. The zero-order valence-electron chi connectivity index (χ0n) is 18.0. The van der Waals surface area contributed by atoms with Crippen LogP contribution in [0.15, 0.2) is 24.3 Å². The van der Waals surface area contributed by atoms with Crippen LogP contribution in [-0.2, 0) is 11.3 Å². The number of carbonyl (C=O) groups excluding carboxylic acids is 2. The smallest absolute Gasteiger partial charge is 0.407 e. The van der Waals surface area contributed by atoms with Crippen molar-refractivity contribution in [3.05, 3.63) is 35.4 Å². The molecule has 0 saturated carbocycles. The minimum absolute atomic E-state index is 0.0235. The first-order valence-electron chi connectivity index (χ1n) is 10.9. The Morgan fingerprint density at radius 2 is 1.76 bits per heavy atom. The second-order valence-corrected chi connectivity index (χ2v) is 9.26. The van der Waals surface area contributed by atoms with Gasteiger partial charge in [0.05, 0.1) is 0 Å². The molecule has 2 aliphatic rings. The summed E-state index contributed by atoms with van der Waals surface area (Å²) < 4.78 is 5.23. The van der Waals surface area contributed by atoms with Gasteiger partial charge in [-0.15, -0.1) is 0 Å². The molecule has 6 nitrogen and oxygen atoms in total. The molecular weight excluding hydrogens is 366 g/mol. The standard InChI is InChI=1S/C23H35N3O3/c1-23(2,3)29-22(28)25-15-17-9-11-18(12-10-17)21(27)24-16-19-7-6-14-26-13-5-4-8-20(19)26/h9-12,19-20H,4-8,13-16H2,1-3H3,(H,24,27)(H,25,28)/t19-,20?/m0/s1. The van der Waals surface area contributed by atoms with Crippen LogP contribution in [0.4, 0.5) is 4.79 Å². The van der Waals surface area contributed by atoms with Crippen molar-refractivity contribution >= 4 is 12.0 Å². The Labute approximate surface area is 174 Å². The summed E-state index contributed by atoms with van der Waals surface area (Å²) in [7, 11) is 0. The summed E-state index contributed by atoms with van der Waals surface area (Å²) in [5.41, 5.74) is 1.07. The fraction of sp³-hybridized carbons (Fsp3) is 0.652. The normalized spacial score (nSPS) is 22.4. The van der Waals surface area contributed by atoms with E-state index in [2.05, 4.69) is 15.5 Å². The van der Waals surface area contributed by atoms with E-state index in [1.165, 1.54) is 45.2 Å². The highest BCUT2D eigenvalue weighted by Crippen LogP contribution is 2.30. The van der Waals surface area contributed by atoms with Crippen LogP contribution >= 0.6 is 0 Å². The molecule has 29 heavy (non-hydrogen) atoms. The number of carbonyl (C=O) groups is 2. The first-order valence-corrected chi connectivity index (χ1v) is 10.9. The Hall–Kier alpha value is -2.08. The van der Waals surface area contributed by atoms with Gasteiger partial charge in [0.15, 0.2) is 0 Å². The number of hydrogen-bond acceptors (Lipinski definition) is 4. The predicted octanol–water partition coefficient (Wildman–Crippen LogP) is 3.71. The van der Waals surface area contributed by atoms with E-state index in [4.69, 9.17) is 4.74 Å². The topological polar surface area (TPSA) is 70.7 Å². The average Bonchev–Trinajstić information content (AvgIpc) is 2.69. The van der Waals surface area contributed by atoms with E-state index in [1.54, 1.807) is 0 Å². The van der Waals surface area contributed by atoms with Gasteiger partial charge in [-0.2, -0.15) is 0 Å². The predicted molar refractivity (Wildman–Crippen MR) is 114 cm³/mol. The van der Waals surface area contributed by atoms with Gasteiger partial charge >= 0.3 is 6.09 Å². The molecule has 2 fully saturated rings. The minimum Gasteiger partial charge on any atom is -0.444 e. The third kappa shape index (κ3) is 6.46. The van der Waals surface area contributed by atoms with Crippen molar-refractivity contribution in [2.24, 2.45) is 5.92 Å². The van der Waals surface area contributed by atoms with Crippen LogP contribution in [0.25, 0.3) is 0 Å². The van der Waals surface area contributed by atoms with Crippen LogP contribution in [0.1, 0.15) is 68.8 Å². The second-order valence-electron chi connectivity index (χ2n) is 9.26. The van der Waals surface area contributed by atoms with E-state index in [9.17, 15) is 9.59 Å². The molecule has 0 aliphatic carbocycles. The molecule has 0 spiro atoms. The van der Waals surface area contributed by atoms with Crippen LogP contribution in [0.3, 0.4) is 0 Å². The zero-order valence-corrected chi connectivity index (χ0v) is 18.0. The van der Waals surface area contributed by atoms with Crippen molar-refractivity contribution in [2.45, 2.75) is 71.1 Å². The molecule has 3 rings (SSSR count). The van der Waals surface area contributed by atoms with Crippen LogP contribution in [0.5, 0.6) is 0 Å². The number of piperidine rings is 2. The van der Waals surface area contributed by atoms with Crippen LogP contribution in [0.2, 0.25) is 0 Å². The average molecular weight is 402 g/mol. The monoisotopic (exact) mass is 401 g/mol. The lowest BCUT2D eigenvalue weighted by Gasteiger charge is -2.44. The maximum atomic E-state index is 12.6. The van der Waals surface area contributed by atoms with Gasteiger partial charge in [0, 0.05) is 24.7 Å². The molecule has 160 valence electrons. The lowest BCUT2D eigenvalue weighted by Crippen LogP contribution is -2.51. The van der Waals surface area contributed by atoms with Gasteiger partial charge in [-0.05, 0) is 83.2 Å². The molecule has 2 aliphatic heterocycles. The second kappa shape index (κ2) is 9.61. The maximum absolute atomic E-state index is 12.6. The van der Waals surface area contributed by atoms with E-state index >= 15 is 0 Å². The Kier molecular flexibility index (Phi) is 7.17. The molecule has 2 amide bonds. The van der Waals surface area contributed by atoms with Crippen molar-refractivity contribution < 1.29 is 14.3 Å². The Morgan fingerprint density at radius 3 is 2.48 bits per heavy atom. The molecule has 0 bridgehead atoms. The van der Waals surface area contributed by atoms with Gasteiger partial charge in [-0.1, -0.05) is 18.6 Å². The third-order valence-electron chi connectivity index (χ3n) is 5.81. The molecule has 1 aromatic carbocycles. The number of amides is 2. The third-order valence-corrected chi connectivity index (χ3v) is 5.81. The first-order chi connectivity index (χ1) is 13.8. The number of nitrogens with zero attached hydrogens (tertiary/aromatic N) is 1. The van der Waals surface area contributed by atoms with Crippen LogP contribution < -0.4 is 10.6 Å².